The van der Waals surface area contributed by atoms with Crippen LogP contribution in [0, 0.1) is 5.82 Å². The summed E-state index contributed by atoms with van der Waals surface area (Å²) in [5.74, 6) is -2.04. The number of aliphatic hydroxyl groups excluding tert-OH is 1. The maximum absolute atomic E-state index is 13.2. The van der Waals surface area contributed by atoms with E-state index in [0.29, 0.717) is 6.54 Å². The molecule has 5 nitrogen and oxygen atoms in total. The Morgan fingerprint density at radius 1 is 1.22 bits per heavy atom. The third-order valence-corrected chi connectivity index (χ3v) is 6.50. The van der Waals surface area contributed by atoms with Gasteiger partial charge in [-0.2, -0.15) is 0 Å². The predicted molar refractivity (Wildman–Crippen MR) is 103 cm³/mol. The van der Waals surface area contributed by atoms with Crippen molar-refractivity contribution in [2.24, 2.45) is 0 Å². The second-order valence-electron chi connectivity index (χ2n) is 7.01. The van der Waals surface area contributed by atoms with Crippen molar-refractivity contribution in [2.45, 2.75) is 44.1 Å². The number of carbonyl (C=O) groups is 2. The van der Waals surface area contributed by atoms with Crippen LogP contribution < -0.4 is 10.6 Å². The van der Waals surface area contributed by atoms with Crippen LogP contribution in [0.5, 0.6) is 0 Å². The molecule has 1 aliphatic rings. The zero-order valence-electron chi connectivity index (χ0n) is 15.1. The smallest absolute Gasteiger partial charge is 0.313 e. The van der Waals surface area contributed by atoms with Gasteiger partial charge in [0.15, 0.2) is 0 Å². The standard InChI is InChI=1S/C20H23FN2O3S/c1-13(24)16-7-8-17(27-16)20(9-2-3-10-20)12-22-18(25)19(26)23-15-6-4-5-14(21)11-15/h4-8,11,13,24H,2-3,9-10,12H2,1H3,(H,22,25)(H,23,26). The molecule has 1 saturated carbocycles. The Hall–Kier alpha value is -2.25. The molecule has 1 atom stereocenters. The number of benzene rings is 1. The van der Waals surface area contributed by atoms with E-state index in [9.17, 15) is 19.1 Å². The first-order valence-corrected chi connectivity index (χ1v) is 9.84. The highest BCUT2D eigenvalue weighted by Crippen LogP contribution is 2.44. The Bertz CT molecular complexity index is 828. The average Bonchev–Trinajstić information content (AvgIpc) is 3.30. The van der Waals surface area contributed by atoms with E-state index in [-0.39, 0.29) is 11.1 Å². The van der Waals surface area contributed by atoms with Crippen LogP contribution in [0.1, 0.15) is 48.5 Å². The van der Waals surface area contributed by atoms with E-state index < -0.39 is 23.7 Å². The van der Waals surface area contributed by atoms with Crippen LogP contribution in [0.2, 0.25) is 0 Å². The van der Waals surface area contributed by atoms with Crippen LogP contribution in [0.25, 0.3) is 0 Å². The van der Waals surface area contributed by atoms with Gasteiger partial charge in [-0.25, -0.2) is 4.39 Å². The Labute approximate surface area is 161 Å². The van der Waals surface area contributed by atoms with Crippen LogP contribution in [0.3, 0.4) is 0 Å². The van der Waals surface area contributed by atoms with Crippen molar-refractivity contribution in [3.63, 3.8) is 0 Å². The van der Waals surface area contributed by atoms with Crippen molar-refractivity contribution in [1.82, 2.24) is 5.32 Å². The molecule has 2 aromatic rings. The molecule has 1 aliphatic carbocycles. The number of thiophene rings is 1. The fourth-order valence-corrected chi connectivity index (χ4v) is 4.70. The van der Waals surface area contributed by atoms with E-state index >= 15 is 0 Å². The molecule has 1 aromatic heterocycles. The molecule has 0 spiro atoms. The summed E-state index contributed by atoms with van der Waals surface area (Å²) in [6.45, 7) is 2.09. The number of nitrogens with one attached hydrogen (secondary N) is 2. The van der Waals surface area contributed by atoms with Crippen LogP contribution in [-0.4, -0.2) is 23.5 Å². The highest BCUT2D eigenvalue weighted by Gasteiger charge is 2.37. The molecule has 0 radical (unpaired) electrons. The second-order valence-corrected chi connectivity index (χ2v) is 8.13. The van der Waals surface area contributed by atoms with E-state index in [1.165, 1.54) is 18.2 Å². The van der Waals surface area contributed by atoms with E-state index in [0.717, 1.165) is 41.5 Å². The first kappa shape index (κ1) is 19.5. The van der Waals surface area contributed by atoms with Crippen LogP contribution in [0.4, 0.5) is 10.1 Å². The molecule has 1 fully saturated rings. The molecule has 1 unspecified atom stereocenters. The van der Waals surface area contributed by atoms with Crippen molar-refractivity contribution in [3.05, 3.63) is 52.0 Å². The van der Waals surface area contributed by atoms with E-state index in [4.69, 9.17) is 0 Å². The lowest BCUT2D eigenvalue weighted by atomic mass is 9.84. The topological polar surface area (TPSA) is 78.4 Å². The quantitative estimate of drug-likeness (QED) is 0.684. The van der Waals surface area contributed by atoms with Gasteiger partial charge < -0.3 is 15.7 Å². The maximum atomic E-state index is 13.2. The van der Waals surface area contributed by atoms with Crippen molar-refractivity contribution >= 4 is 28.8 Å². The van der Waals surface area contributed by atoms with E-state index in [1.807, 2.05) is 12.1 Å². The number of carbonyl (C=O) groups excluding carboxylic acids is 2. The third-order valence-electron chi connectivity index (χ3n) is 5.00. The number of aliphatic hydroxyl groups is 1. The fraction of sp³-hybridized carbons (Fsp3) is 0.400. The minimum Gasteiger partial charge on any atom is -0.388 e. The van der Waals surface area contributed by atoms with Crippen molar-refractivity contribution in [2.75, 3.05) is 11.9 Å². The molecular formula is C20H23FN2O3S. The molecule has 3 N–H and O–H groups in total. The summed E-state index contributed by atoms with van der Waals surface area (Å²) in [6, 6.07) is 9.35. The van der Waals surface area contributed by atoms with Gasteiger partial charge in [-0.1, -0.05) is 18.9 Å². The number of amides is 2. The molecular weight excluding hydrogens is 367 g/mol. The van der Waals surface area contributed by atoms with E-state index in [2.05, 4.69) is 10.6 Å². The SMILES string of the molecule is CC(O)c1ccc(C2(CNC(=O)C(=O)Nc3cccc(F)c3)CCCC2)s1. The van der Waals surface area contributed by atoms with Gasteiger partial charge >= 0.3 is 11.8 Å². The summed E-state index contributed by atoms with van der Waals surface area (Å²) in [7, 11) is 0. The van der Waals surface area contributed by atoms with E-state index in [1.54, 1.807) is 18.3 Å². The average molecular weight is 390 g/mol. The lowest BCUT2D eigenvalue weighted by Gasteiger charge is -2.28. The van der Waals surface area contributed by atoms with Gasteiger partial charge in [-0.05, 0) is 50.1 Å². The number of anilines is 1. The van der Waals surface area contributed by atoms with Crippen molar-refractivity contribution in [3.8, 4) is 0 Å². The van der Waals surface area contributed by atoms with Gasteiger partial charge in [0, 0.05) is 27.4 Å². The lowest BCUT2D eigenvalue weighted by molar-refractivity contribution is -0.136. The van der Waals surface area contributed by atoms with Crippen molar-refractivity contribution < 1.29 is 19.1 Å². The molecule has 0 bridgehead atoms. The monoisotopic (exact) mass is 390 g/mol. The Kier molecular flexibility index (Phi) is 5.92. The fourth-order valence-electron chi connectivity index (χ4n) is 3.51. The van der Waals surface area contributed by atoms with Crippen molar-refractivity contribution in [1.29, 1.82) is 0 Å². The summed E-state index contributed by atoms with van der Waals surface area (Å²) in [5.41, 5.74) is 0.0395. The molecule has 27 heavy (non-hydrogen) atoms. The Morgan fingerprint density at radius 3 is 2.59 bits per heavy atom. The zero-order valence-corrected chi connectivity index (χ0v) is 15.9. The summed E-state index contributed by atoms with van der Waals surface area (Å²) >= 11 is 1.56. The number of halogens is 1. The molecule has 3 rings (SSSR count). The Balaban J connectivity index is 1.65. The molecule has 2 amide bonds. The van der Waals surface area contributed by atoms with Gasteiger partial charge in [0.25, 0.3) is 0 Å². The zero-order chi connectivity index (χ0) is 19.4. The number of hydrogen-bond acceptors (Lipinski definition) is 4. The van der Waals surface area contributed by atoms with Gasteiger partial charge in [-0.3, -0.25) is 9.59 Å². The summed E-state index contributed by atoms with van der Waals surface area (Å²) in [5, 5.41) is 14.9. The lowest BCUT2D eigenvalue weighted by Crippen LogP contribution is -2.43. The number of hydrogen-bond donors (Lipinski definition) is 3. The molecule has 0 aliphatic heterocycles. The minimum atomic E-state index is -0.815. The van der Waals surface area contributed by atoms with Crippen LogP contribution >= 0.6 is 11.3 Å². The van der Waals surface area contributed by atoms with Crippen LogP contribution in [0.15, 0.2) is 36.4 Å². The summed E-state index contributed by atoms with van der Waals surface area (Å²) in [6.07, 6.45) is 3.46. The van der Waals surface area contributed by atoms with Gasteiger partial charge in [0.1, 0.15) is 5.82 Å². The number of rotatable bonds is 5. The highest BCUT2D eigenvalue weighted by molar-refractivity contribution is 7.12. The largest absolute Gasteiger partial charge is 0.388 e. The highest BCUT2D eigenvalue weighted by atomic mass is 32.1. The molecule has 1 aromatic carbocycles. The predicted octanol–water partition coefficient (Wildman–Crippen LogP) is 3.51. The van der Waals surface area contributed by atoms with Gasteiger partial charge in [0.05, 0.1) is 6.10 Å². The molecule has 0 saturated heterocycles. The second kappa shape index (κ2) is 8.19. The minimum absolute atomic E-state index is 0.202. The van der Waals surface area contributed by atoms with Gasteiger partial charge in [-0.15, -0.1) is 11.3 Å². The molecule has 7 heteroatoms. The normalized spacial score (nSPS) is 16.7. The third kappa shape index (κ3) is 4.54. The Morgan fingerprint density at radius 2 is 1.96 bits per heavy atom. The first-order valence-electron chi connectivity index (χ1n) is 9.03. The van der Waals surface area contributed by atoms with Gasteiger partial charge in [0.2, 0.25) is 0 Å². The summed E-state index contributed by atoms with van der Waals surface area (Å²) < 4.78 is 13.2. The summed E-state index contributed by atoms with van der Waals surface area (Å²) in [4.78, 5) is 26.3. The first-order chi connectivity index (χ1) is 12.9. The maximum Gasteiger partial charge on any atom is 0.313 e. The van der Waals surface area contributed by atoms with Crippen LogP contribution in [-0.2, 0) is 15.0 Å². The molecule has 144 valence electrons. The molecule has 1 heterocycles.